The van der Waals surface area contributed by atoms with E-state index in [9.17, 15) is 0 Å². The van der Waals surface area contributed by atoms with Crippen LogP contribution in [-0.4, -0.2) is 43.3 Å². The average molecular weight is 300 g/mol. The number of ether oxygens (including phenoxy) is 1. The summed E-state index contributed by atoms with van der Waals surface area (Å²) in [6, 6.07) is 12.0. The van der Waals surface area contributed by atoms with E-state index in [1.807, 2.05) is 36.4 Å². The van der Waals surface area contributed by atoms with Crippen LogP contribution in [0.5, 0.6) is 0 Å². The van der Waals surface area contributed by atoms with Crippen LogP contribution in [0.1, 0.15) is 13.8 Å². The zero-order valence-electron chi connectivity index (χ0n) is 13.5. The second-order valence-corrected chi connectivity index (χ2v) is 4.89. The van der Waals surface area contributed by atoms with E-state index in [2.05, 4.69) is 29.0 Å². The van der Waals surface area contributed by atoms with Gasteiger partial charge in [0.05, 0.1) is 6.61 Å². The zero-order chi connectivity index (χ0) is 15.8. The summed E-state index contributed by atoms with van der Waals surface area (Å²) in [5.41, 5.74) is 1.02. The molecule has 0 radical (unpaired) electrons. The van der Waals surface area contributed by atoms with Crippen LogP contribution in [0.2, 0.25) is 0 Å². The van der Waals surface area contributed by atoms with Gasteiger partial charge in [0.15, 0.2) is 5.82 Å². The highest BCUT2D eigenvalue weighted by atomic mass is 16.5. The summed E-state index contributed by atoms with van der Waals surface area (Å²) in [7, 11) is 1.69. The molecule has 0 aliphatic rings. The molecule has 22 heavy (non-hydrogen) atoms. The molecule has 0 saturated heterocycles. The molecule has 0 atom stereocenters. The van der Waals surface area contributed by atoms with Crippen LogP contribution in [0.25, 0.3) is 11.4 Å². The van der Waals surface area contributed by atoms with Crippen LogP contribution in [0.15, 0.2) is 36.4 Å². The SMILES string of the molecule is CCN(CC)c1cc(NCCOC)nc(-c2ccccc2)n1. The van der Waals surface area contributed by atoms with E-state index >= 15 is 0 Å². The second-order valence-electron chi connectivity index (χ2n) is 4.89. The first-order chi connectivity index (χ1) is 10.8. The maximum Gasteiger partial charge on any atom is 0.163 e. The molecule has 0 spiro atoms. The fraction of sp³-hybridized carbons (Fsp3) is 0.412. The Morgan fingerprint density at radius 3 is 2.45 bits per heavy atom. The summed E-state index contributed by atoms with van der Waals surface area (Å²) in [5, 5.41) is 3.30. The van der Waals surface area contributed by atoms with Crippen LogP contribution in [0.4, 0.5) is 11.6 Å². The van der Waals surface area contributed by atoms with E-state index in [4.69, 9.17) is 9.72 Å². The minimum absolute atomic E-state index is 0.644. The van der Waals surface area contributed by atoms with Crippen LogP contribution in [0, 0.1) is 0 Å². The smallest absolute Gasteiger partial charge is 0.163 e. The molecule has 1 aromatic carbocycles. The van der Waals surface area contributed by atoms with E-state index in [0.717, 1.165) is 42.7 Å². The molecular formula is C17H24N4O. The maximum absolute atomic E-state index is 5.08. The Morgan fingerprint density at radius 2 is 1.82 bits per heavy atom. The topological polar surface area (TPSA) is 50.3 Å². The van der Waals surface area contributed by atoms with Crippen molar-refractivity contribution in [3.05, 3.63) is 36.4 Å². The molecule has 0 unspecified atom stereocenters. The van der Waals surface area contributed by atoms with Gasteiger partial charge >= 0.3 is 0 Å². The molecule has 1 heterocycles. The van der Waals surface area contributed by atoms with Crippen molar-refractivity contribution in [2.24, 2.45) is 0 Å². The van der Waals surface area contributed by atoms with Crippen molar-refractivity contribution in [2.45, 2.75) is 13.8 Å². The summed E-state index contributed by atoms with van der Waals surface area (Å²) in [6.07, 6.45) is 0. The zero-order valence-corrected chi connectivity index (χ0v) is 13.5. The molecule has 1 aromatic heterocycles. The standard InChI is InChI=1S/C17H24N4O/c1-4-21(5-2)16-13-15(18-11-12-22-3)19-17(20-16)14-9-7-6-8-10-14/h6-10,13H,4-5,11-12H2,1-3H3,(H,18,19,20). The van der Waals surface area contributed by atoms with Gasteiger partial charge in [-0.2, -0.15) is 0 Å². The molecule has 2 rings (SSSR count). The molecule has 0 saturated carbocycles. The highest BCUT2D eigenvalue weighted by molar-refractivity contribution is 5.61. The first kappa shape index (κ1) is 16.2. The number of nitrogens with zero attached hydrogens (tertiary/aromatic N) is 3. The van der Waals surface area contributed by atoms with Crippen molar-refractivity contribution < 1.29 is 4.74 Å². The Bertz CT molecular complexity index is 570. The lowest BCUT2D eigenvalue weighted by atomic mass is 10.2. The Morgan fingerprint density at radius 1 is 1.09 bits per heavy atom. The fourth-order valence-electron chi connectivity index (χ4n) is 2.23. The first-order valence-electron chi connectivity index (χ1n) is 7.70. The summed E-state index contributed by atoms with van der Waals surface area (Å²) in [6.45, 7) is 7.46. The van der Waals surface area contributed by atoms with Crippen LogP contribution in [0.3, 0.4) is 0 Å². The van der Waals surface area contributed by atoms with Crippen LogP contribution in [-0.2, 0) is 4.74 Å². The molecule has 0 bridgehead atoms. The molecule has 118 valence electrons. The van der Waals surface area contributed by atoms with Gasteiger partial charge in [-0.15, -0.1) is 0 Å². The summed E-state index contributed by atoms with van der Waals surface area (Å²) >= 11 is 0. The molecule has 0 aliphatic heterocycles. The van der Waals surface area contributed by atoms with Crippen molar-refractivity contribution >= 4 is 11.6 Å². The van der Waals surface area contributed by atoms with Crippen molar-refractivity contribution in [3.63, 3.8) is 0 Å². The van der Waals surface area contributed by atoms with E-state index in [0.29, 0.717) is 6.61 Å². The van der Waals surface area contributed by atoms with Crippen molar-refractivity contribution in [1.82, 2.24) is 9.97 Å². The number of methoxy groups -OCH3 is 1. The van der Waals surface area contributed by atoms with Crippen molar-refractivity contribution in [2.75, 3.05) is 43.6 Å². The van der Waals surface area contributed by atoms with Gasteiger partial charge in [0.25, 0.3) is 0 Å². The summed E-state index contributed by atoms with van der Waals surface area (Å²) < 4.78 is 5.08. The fourth-order valence-corrected chi connectivity index (χ4v) is 2.23. The molecule has 2 aromatic rings. The maximum atomic E-state index is 5.08. The van der Waals surface area contributed by atoms with Crippen molar-refractivity contribution in [1.29, 1.82) is 0 Å². The molecule has 0 fully saturated rings. The van der Waals surface area contributed by atoms with Gasteiger partial charge in [-0.1, -0.05) is 30.3 Å². The number of hydrogen-bond donors (Lipinski definition) is 1. The number of rotatable bonds is 8. The Kier molecular flexibility index (Phi) is 6.15. The highest BCUT2D eigenvalue weighted by Crippen LogP contribution is 2.22. The molecular weight excluding hydrogens is 276 g/mol. The first-order valence-corrected chi connectivity index (χ1v) is 7.70. The number of benzene rings is 1. The molecule has 0 amide bonds. The predicted molar refractivity (Wildman–Crippen MR) is 91.4 cm³/mol. The third kappa shape index (κ3) is 4.18. The third-order valence-electron chi connectivity index (χ3n) is 3.44. The van der Waals surface area contributed by atoms with E-state index in [1.54, 1.807) is 7.11 Å². The average Bonchev–Trinajstić information content (AvgIpc) is 2.57. The summed E-state index contributed by atoms with van der Waals surface area (Å²) in [4.78, 5) is 11.6. The van der Waals surface area contributed by atoms with Gasteiger partial charge in [-0.05, 0) is 13.8 Å². The van der Waals surface area contributed by atoms with Crippen LogP contribution < -0.4 is 10.2 Å². The minimum Gasteiger partial charge on any atom is -0.383 e. The Balaban J connectivity index is 2.35. The molecule has 5 heteroatoms. The van der Waals surface area contributed by atoms with E-state index in [-0.39, 0.29) is 0 Å². The minimum atomic E-state index is 0.644. The number of nitrogens with one attached hydrogen (secondary N) is 1. The second kappa shape index (κ2) is 8.34. The number of anilines is 2. The monoisotopic (exact) mass is 300 g/mol. The molecule has 0 aliphatic carbocycles. The van der Waals surface area contributed by atoms with Gasteiger partial charge < -0.3 is 15.0 Å². The predicted octanol–water partition coefficient (Wildman–Crippen LogP) is 3.05. The van der Waals surface area contributed by atoms with Crippen molar-refractivity contribution in [3.8, 4) is 11.4 Å². The van der Waals surface area contributed by atoms with Gasteiger partial charge in [0, 0.05) is 38.4 Å². The van der Waals surface area contributed by atoms with Gasteiger partial charge in [0.1, 0.15) is 11.6 Å². The van der Waals surface area contributed by atoms with Gasteiger partial charge in [0.2, 0.25) is 0 Å². The van der Waals surface area contributed by atoms with Gasteiger partial charge in [-0.3, -0.25) is 0 Å². The van der Waals surface area contributed by atoms with Crippen LogP contribution >= 0.6 is 0 Å². The lowest BCUT2D eigenvalue weighted by molar-refractivity contribution is 0.210. The molecule has 1 N–H and O–H groups in total. The number of aromatic nitrogens is 2. The third-order valence-corrected chi connectivity index (χ3v) is 3.44. The lowest BCUT2D eigenvalue weighted by Gasteiger charge is -2.21. The largest absolute Gasteiger partial charge is 0.383 e. The van der Waals surface area contributed by atoms with E-state index < -0.39 is 0 Å². The van der Waals surface area contributed by atoms with Gasteiger partial charge in [-0.25, -0.2) is 9.97 Å². The van der Waals surface area contributed by atoms with E-state index in [1.165, 1.54) is 0 Å². The Hall–Kier alpha value is -2.14. The molecule has 5 nitrogen and oxygen atoms in total. The number of hydrogen-bond acceptors (Lipinski definition) is 5. The normalized spacial score (nSPS) is 10.5. The summed E-state index contributed by atoms with van der Waals surface area (Å²) in [5.74, 6) is 2.51. The highest BCUT2D eigenvalue weighted by Gasteiger charge is 2.10. The lowest BCUT2D eigenvalue weighted by Crippen LogP contribution is -2.23. The Labute approximate surface area is 132 Å². The quantitative estimate of drug-likeness (QED) is 0.759.